The molecule has 1 aromatic carbocycles. The number of nitrogens with one attached hydrogen (secondary N) is 1. The molecule has 6 heteroatoms. The third-order valence-electron chi connectivity index (χ3n) is 3.72. The molecule has 0 aromatic heterocycles. The van der Waals surface area contributed by atoms with Gasteiger partial charge in [-0.3, -0.25) is 14.4 Å². The van der Waals surface area contributed by atoms with Crippen molar-refractivity contribution >= 4 is 17.7 Å². The highest BCUT2D eigenvalue weighted by molar-refractivity contribution is 5.96. The van der Waals surface area contributed by atoms with Crippen molar-refractivity contribution in [2.75, 3.05) is 26.2 Å². The minimum atomic E-state index is -0.275. The minimum Gasteiger partial charge on any atom is -0.352 e. The first-order valence-corrected chi connectivity index (χ1v) is 7.40. The third-order valence-corrected chi connectivity index (χ3v) is 3.72. The molecule has 1 aliphatic rings. The molecule has 1 saturated heterocycles. The zero-order valence-corrected chi connectivity index (χ0v) is 12.7. The van der Waals surface area contributed by atoms with Gasteiger partial charge in [0.15, 0.2) is 0 Å². The van der Waals surface area contributed by atoms with Gasteiger partial charge in [0, 0.05) is 39.6 Å². The highest BCUT2D eigenvalue weighted by Gasteiger charge is 2.23. The summed E-state index contributed by atoms with van der Waals surface area (Å²) in [5, 5.41) is 2.74. The van der Waals surface area contributed by atoms with Crippen LogP contribution in [-0.2, 0) is 20.9 Å². The van der Waals surface area contributed by atoms with Crippen molar-refractivity contribution in [2.45, 2.75) is 19.9 Å². The Morgan fingerprint density at radius 3 is 2.18 bits per heavy atom. The largest absolute Gasteiger partial charge is 0.352 e. The lowest BCUT2D eigenvalue weighted by molar-refractivity contribution is -0.141. The van der Waals surface area contributed by atoms with Crippen LogP contribution in [-0.4, -0.2) is 53.7 Å². The summed E-state index contributed by atoms with van der Waals surface area (Å²) in [7, 11) is 0. The number of amides is 3. The number of benzene rings is 1. The molecule has 0 atom stereocenters. The van der Waals surface area contributed by atoms with E-state index in [-0.39, 0.29) is 24.1 Å². The molecule has 0 saturated carbocycles. The molecule has 0 unspecified atom stereocenters. The van der Waals surface area contributed by atoms with Crippen molar-refractivity contribution in [3.63, 3.8) is 0 Å². The summed E-state index contributed by atoms with van der Waals surface area (Å²) >= 11 is 0. The van der Waals surface area contributed by atoms with Crippen LogP contribution in [0.2, 0.25) is 0 Å². The lowest BCUT2D eigenvalue weighted by Crippen LogP contribution is -2.50. The Kier molecular flexibility index (Phi) is 5.52. The molecule has 0 aliphatic carbocycles. The summed E-state index contributed by atoms with van der Waals surface area (Å²) in [6.07, 6.45) is -0.146. The molecule has 118 valence electrons. The van der Waals surface area contributed by atoms with Gasteiger partial charge in [-0.25, -0.2) is 0 Å². The Morgan fingerprint density at radius 1 is 1.00 bits per heavy atom. The summed E-state index contributed by atoms with van der Waals surface area (Å²) < 4.78 is 0. The number of carbonyl (C=O) groups is 3. The highest BCUT2D eigenvalue weighted by atomic mass is 16.2. The molecule has 0 spiro atoms. The van der Waals surface area contributed by atoms with Gasteiger partial charge >= 0.3 is 0 Å². The van der Waals surface area contributed by atoms with E-state index in [1.54, 1.807) is 9.80 Å². The standard InChI is InChI=1S/C16H21N3O3/c1-13(20)18-7-9-19(10-8-18)16(22)11-15(21)17-12-14-5-3-2-4-6-14/h2-6H,7-12H2,1H3,(H,17,21). The number of nitrogens with zero attached hydrogens (tertiary/aromatic N) is 2. The summed E-state index contributed by atoms with van der Waals surface area (Å²) in [4.78, 5) is 38.5. The van der Waals surface area contributed by atoms with E-state index < -0.39 is 0 Å². The first-order chi connectivity index (χ1) is 10.6. The van der Waals surface area contributed by atoms with E-state index in [4.69, 9.17) is 0 Å². The topological polar surface area (TPSA) is 69.7 Å². The first-order valence-electron chi connectivity index (χ1n) is 7.40. The van der Waals surface area contributed by atoms with Gasteiger partial charge in [-0.05, 0) is 5.56 Å². The predicted molar refractivity (Wildman–Crippen MR) is 81.7 cm³/mol. The van der Waals surface area contributed by atoms with Gasteiger partial charge in [-0.15, -0.1) is 0 Å². The number of carbonyl (C=O) groups excluding carboxylic acids is 3. The third kappa shape index (κ3) is 4.58. The second-order valence-corrected chi connectivity index (χ2v) is 5.33. The smallest absolute Gasteiger partial charge is 0.232 e. The Morgan fingerprint density at radius 2 is 1.59 bits per heavy atom. The van der Waals surface area contributed by atoms with Crippen molar-refractivity contribution in [3.05, 3.63) is 35.9 Å². The Labute approximate surface area is 130 Å². The second-order valence-electron chi connectivity index (χ2n) is 5.33. The van der Waals surface area contributed by atoms with Crippen LogP contribution in [0, 0.1) is 0 Å². The van der Waals surface area contributed by atoms with Gasteiger partial charge in [0.1, 0.15) is 6.42 Å². The molecule has 2 rings (SSSR count). The van der Waals surface area contributed by atoms with Gasteiger partial charge in [-0.1, -0.05) is 30.3 Å². The van der Waals surface area contributed by atoms with Crippen molar-refractivity contribution in [3.8, 4) is 0 Å². The van der Waals surface area contributed by atoms with Gasteiger partial charge < -0.3 is 15.1 Å². The summed E-state index contributed by atoms with van der Waals surface area (Å²) in [6.45, 7) is 3.99. The van der Waals surface area contributed by atoms with Crippen molar-refractivity contribution < 1.29 is 14.4 Å². The van der Waals surface area contributed by atoms with E-state index in [0.717, 1.165) is 5.56 Å². The zero-order valence-electron chi connectivity index (χ0n) is 12.7. The maximum Gasteiger partial charge on any atom is 0.232 e. The van der Waals surface area contributed by atoms with Crippen LogP contribution in [0.15, 0.2) is 30.3 Å². The average Bonchev–Trinajstić information content (AvgIpc) is 2.54. The van der Waals surface area contributed by atoms with Crippen LogP contribution in [0.4, 0.5) is 0 Å². The first kappa shape index (κ1) is 16.0. The zero-order chi connectivity index (χ0) is 15.9. The maximum absolute atomic E-state index is 12.1. The van der Waals surface area contributed by atoms with E-state index in [1.807, 2.05) is 30.3 Å². The normalized spacial score (nSPS) is 14.6. The van der Waals surface area contributed by atoms with E-state index in [9.17, 15) is 14.4 Å². The van der Waals surface area contributed by atoms with Crippen LogP contribution in [0.25, 0.3) is 0 Å². The summed E-state index contributed by atoms with van der Waals surface area (Å²) in [6, 6.07) is 9.56. The molecule has 1 fully saturated rings. The monoisotopic (exact) mass is 303 g/mol. The molecule has 6 nitrogen and oxygen atoms in total. The van der Waals surface area contributed by atoms with Crippen LogP contribution >= 0.6 is 0 Å². The SMILES string of the molecule is CC(=O)N1CCN(C(=O)CC(=O)NCc2ccccc2)CC1. The maximum atomic E-state index is 12.1. The Bertz CT molecular complexity index is 537. The fourth-order valence-electron chi connectivity index (χ4n) is 2.38. The van der Waals surface area contributed by atoms with Crippen molar-refractivity contribution in [2.24, 2.45) is 0 Å². The number of hydrogen-bond donors (Lipinski definition) is 1. The summed E-state index contributed by atoms with van der Waals surface area (Å²) in [5.74, 6) is -0.440. The van der Waals surface area contributed by atoms with E-state index in [0.29, 0.717) is 32.7 Å². The van der Waals surface area contributed by atoms with Crippen molar-refractivity contribution in [1.82, 2.24) is 15.1 Å². The summed E-state index contributed by atoms with van der Waals surface area (Å²) in [5.41, 5.74) is 0.998. The number of piperazine rings is 1. The minimum absolute atomic E-state index is 0.0210. The fraction of sp³-hybridized carbons (Fsp3) is 0.438. The predicted octanol–water partition coefficient (Wildman–Crippen LogP) is 0.384. The lowest BCUT2D eigenvalue weighted by atomic mass is 10.2. The van der Waals surface area contributed by atoms with Crippen LogP contribution in [0.1, 0.15) is 18.9 Å². The van der Waals surface area contributed by atoms with Gasteiger partial charge in [0.2, 0.25) is 17.7 Å². The molecular formula is C16H21N3O3. The second kappa shape index (κ2) is 7.59. The molecule has 1 aliphatic heterocycles. The fourth-order valence-corrected chi connectivity index (χ4v) is 2.38. The quantitative estimate of drug-likeness (QED) is 0.818. The molecule has 0 radical (unpaired) electrons. The van der Waals surface area contributed by atoms with Gasteiger partial charge in [-0.2, -0.15) is 0 Å². The van der Waals surface area contributed by atoms with Gasteiger partial charge in [0.05, 0.1) is 0 Å². The van der Waals surface area contributed by atoms with Crippen LogP contribution in [0.5, 0.6) is 0 Å². The number of rotatable bonds is 4. The van der Waals surface area contributed by atoms with E-state index in [2.05, 4.69) is 5.32 Å². The molecular weight excluding hydrogens is 282 g/mol. The van der Waals surface area contributed by atoms with Gasteiger partial charge in [0.25, 0.3) is 0 Å². The highest BCUT2D eigenvalue weighted by Crippen LogP contribution is 2.04. The van der Waals surface area contributed by atoms with Crippen LogP contribution in [0.3, 0.4) is 0 Å². The molecule has 1 heterocycles. The van der Waals surface area contributed by atoms with Crippen molar-refractivity contribution in [1.29, 1.82) is 0 Å². The molecule has 1 N–H and O–H groups in total. The Hall–Kier alpha value is -2.37. The molecule has 0 bridgehead atoms. The molecule has 3 amide bonds. The lowest BCUT2D eigenvalue weighted by Gasteiger charge is -2.34. The molecule has 22 heavy (non-hydrogen) atoms. The van der Waals surface area contributed by atoms with Crippen LogP contribution < -0.4 is 5.32 Å². The van der Waals surface area contributed by atoms with E-state index >= 15 is 0 Å². The Balaban J connectivity index is 1.73. The number of hydrogen-bond acceptors (Lipinski definition) is 3. The molecule has 1 aromatic rings. The van der Waals surface area contributed by atoms with E-state index in [1.165, 1.54) is 6.92 Å². The average molecular weight is 303 g/mol.